The van der Waals surface area contributed by atoms with Crippen LogP contribution in [0.15, 0.2) is 36.4 Å². The van der Waals surface area contributed by atoms with Gasteiger partial charge in [-0.2, -0.15) is 5.10 Å². The van der Waals surface area contributed by atoms with E-state index < -0.39 is 0 Å². The first-order valence-electron chi connectivity index (χ1n) is 4.88. The summed E-state index contributed by atoms with van der Waals surface area (Å²) in [5, 5.41) is 11.5. The van der Waals surface area contributed by atoms with Crippen LogP contribution < -0.4 is 11.5 Å². The Bertz CT molecular complexity index is 500. The molecule has 5 nitrogen and oxygen atoms in total. The minimum atomic E-state index is 0.0365. The number of benzene rings is 1. The zero-order valence-electron chi connectivity index (χ0n) is 8.72. The van der Waals surface area contributed by atoms with Gasteiger partial charge in [0.1, 0.15) is 11.7 Å². The Morgan fingerprint density at radius 1 is 1.31 bits per heavy atom. The van der Waals surface area contributed by atoms with Gasteiger partial charge in [-0.25, -0.2) is 4.68 Å². The predicted octanol–water partition coefficient (Wildman–Crippen LogP) is 1.07. The molecule has 0 spiro atoms. The molecule has 0 amide bonds. The quantitative estimate of drug-likeness (QED) is 0.528. The van der Waals surface area contributed by atoms with Gasteiger partial charge in [-0.05, 0) is 0 Å². The number of nitrogens with zero attached hydrogens (tertiary/aromatic N) is 2. The lowest BCUT2D eigenvalue weighted by molar-refractivity contribution is 0.731. The van der Waals surface area contributed by atoms with Crippen molar-refractivity contribution in [2.24, 2.45) is 5.73 Å². The van der Waals surface area contributed by atoms with Gasteiger partial charge in [0.2, 0.25) is 0 Å². The molecule has 0 saturated heterocycles. The Balaban J connectivity index is 2.34. The van der Waals surface area contributed by atoms with Crippen LogP contribution in [0.25, 0.3) is 11.3 Å². The van der Waals surface area contributed by atoms with Crippen LogP contribution in [0.2, 0.25) is 0 Å². The number of hydrogen-bond donors (Lipinski definition) is 3. The lowest BCUT2D eigenvalue weighted by Gasteiger charge is -2.00. The monoisotopic (exact) mass is 215 g/mol. The zero-order valence-corrected chi connectivity index (χ0v) is 8.72. The van der Waals surface area contributed by atoms with Gasteiger partial charge in [-0.3, -0.25) is 5.41 Å². The van der Waals surface area contributed by atoms with Crippen LogP contribution >= 0.6 is 0 Å². The van der Waals surface area contributed by atoms with E-state index in [9.17, 15) is 0 Å². The molecule has 16 heavy (non-hydrogen) atoms. The van der Waals surface area contributed by atoms with Crippen LogP contribution in [0.3, 0.4) is 0 Å². The van der Waals surface area contributed by atoms with Crippen molar-refractivity contribution in [1.29, 1.82) is 5.41 Å². The Morgan fingerprint density at radius 2 is 2.00 bits per heavy atom. The van der Waals surface area contributed by atoms with E-state index in [-0.39, 0.29) is 12.4 Å². The van der Waals surface area contributed by atoms with E-state index in [4.69, 9.17) is 16.9 Å². The normalized spacial score (nSPS) is 10.2. The highest BCUT2D eigenvalue weighted by Gasteiger charge is 2.06. The summed E-state index contributed by atoms with van der Waals surface area (Å²) in [7, 11) is 0. The molecule has 0 unspecified atom stereocenters. The number of nitrogen functional groups attached to an aromatic ring is 1. The van der Waals surface area contributed by atoms with Gasteiger partial charge in [-0.15, -0.1) is 0 Å². The summed E-state index contributed by atoms with van der Waals surface area (Å²) in [6.45, 7) is 0.221. The van der Waals surface area contributed by atoms with Crippen molar-refractivity contribution in [3.05, 3.63) is 36.4 Å². The molecular weight excluding hydrogens is 202 g/mol. The van der Waals surface area contributed by atoms with E-state index >= 15 is 0 Å². The molecule has 5 heteroatoms. The van der Waals surface area contributed by atoms with Crippen molar-refractivity contribution in [3.63, 3.8) is 0 Å². The summed E-state index contributed by atoms with van der Waals surface area (Å²) in [5.41, 5.74) is 12.9. The summed E-state index contributed by atoms with van der Waals surface area (Å²) in [5.74, 6) is 0.545. The molecular formula is C11H13N5. The predicted molar refractivity (Wildman–Crippen MR) is 64.0 cm³/mol. The first-order valence-corrected chi connectivity index (χ1v) is 4.88. The van der Waals surface area contributed by atoms with Gasteiger partial charge in [0.15, 0.2) is 0 Å². The van der Waals surface area contributed by atoms with E-state index in [1.54, 1.807) is 6.07 Å². The molecule has 0 aliphatic carbocycles. The molecule has 82 valence electrons. The third-order valence-electron chi connectivity index (χ3n) is 2.20. The molecule has 0 aliphatic rings. The van der Waals surface area contributed by atoms with Crippen molar-refractivity contribution in [2.75, 3.05) is 5.73 Å². The lowest BCUT2D eigenvalue weighted by Crippen LogP contribution is -2.19. The first-order chi connectivity index (χ1) is 7.66. The van der Waals surface area contributed by atoms with E-state index in [1.807, 2.05) is 30.3 Å². The molecule has 2 aromatic rings. The number of anilines is 1. The summed E-state index contributed by atoms with van der Waals surface area (Å²) in [6, 6.07) is 11.5. The van der Waals surface area contributed by atoms with E-state index in [0.717, 1.165) is 11.3 Å². The molecule has 1 heterocycles. The maximum atomic E-state index is 7.20. The van der Waals surface area contributed by atoms with E-state index in [0.29, 0.717) is 5.82 Å². The highest BCUT2D eigenvalue weighted by atomic mass is 15.3. The Kier molecular flexibility index (Phi) is 2.59. The SMILES string of the molecule is N=C(N)Cn1nc(-c2ccccc2)cc1N. The second-order valence-electron chi connectivity index (χ2n) is 3.50. The summed E-state index contributed by atoms with van der Waals surface area (Å²) in [4.78, 5) is 0. The average Bonchev–Trinajstić information content (AvgIpc) is 2.61. The van der Waals surface area contributed by atoms with Crippen LogP contribution in [-0.4, -0.2) is 15.6 Å². The standard InChI is InChI=1S/C11H13N5/c12-10(13)7-16-11(14)6-9(15-16)8-4-2-1-3-5-8/h1-6H,7,14H2,(H3,12,13). The Morgan fingerprint density at radius 3 is 2.62 bits per heavy atom. The zero-order chi connectivity index (χ0) is 11.5. The first kappa shape index (κ1) is 10.2. The fraction of sp³-hybridized carbons (Fsp3) is 0.0909. The van der Waals surface area contributed by atoms with Gasteiger partial charge in [0.25, 0.3) is 0 Å². The van der Waals surface area contributed by atoms with Gasteiger partial charge in [-0.1, -0.05) is 30.3 Å². The molecule has 0 fully saturated rings. The number of aromatic nitrogens is 2. The van der Waals surface area contributed by atoms with Crippen LogP contribution in [0.1, 0.15) is 0 Å². The van der Waals surface area contributed by atoms with Gasteiger partial charge in [0, 0.05) is 11.6 Å². The van der Waals surface area contributed by atoms with E-state index in [1.165, 1.54) is 4.68 Å². The van der Waals surface area contributed by atoms with Gasteiger partial charge in [0.05, 0.1) is 12.2 Å². The smallest absolute Gasteiger partial charge is 0.122 e. The van der Waals surface area contributed by atoms with Crippen molar-refractivity contribution in [1.82, 2.24) is 9.78 Å². The molecule has 0 bridgehead atoms. The minimum Gasteiger partial charge on any atom is -0.386 e. The Hall–Kier alpha value is -2.30. The summed E-state index contributed by atoms with van der Waals surface area (Å²) in [6.07, 6.45) is 0. The number of amidine groups is 1. The van der Waals surface area contributed by atoms with Gasteiger partial charge < -0.3 is 11.5 Å². The third kappa shape index (κ3) is 2.03. The molecule has 0 aliphatic heterocycles. The summed E-state index contributed by atoms with van der Waals surface area (Å²) < 4.78 is 1.52. The number of nitrogens with one attached hydrogen (secondary N) is 1. The molecule has 0 radical (unpaired) electrons. The summed E-state index contributed by atoms with van der Waals surface area (Å²) >= 11 is 0. The Labute approximate surface area is 93.2 Å². The van der Waals surface area contributed by atoms with Crippen LogP contribution in [0, 0.1) is 5.41 Å². The molecule has 0 atom stereocenters. The van der Waals surface area contributed by atoms with Crippen molar-refractivity contribution in [2.45, 2.75) is 6.54 Å². The maximum Gasteiger partial charge on any atom is 0.122 e. The van der Waals surface area contributed by atoms with Crippen LogP contribution in [-0.2, 0) is 6.54 Å². The molecule has 1 aromatic heterocycles. The topological polar surface area (TPSA) is 93.7 Å². The fourth-order valence-electron chi connectivity index (χ4n) is 1.47. The average molecular weight is 215 g/mol. The van der Waals surface area contributed by atoms with Crippen molar-refractivity contribution < 1.29 is 0 Å². The number of rotatable bonds is 3. The molecule has 1 aromatic carbocycles. The third-order valence-corrected chi connectivity index (χ3v) is 2.20. The van der Waals surface area contributed by atoms with E-state index in [2.05, 4.69) is 5.10 Å². The maximum absolute atomic E-state index is 7.20. The fourth-order valence-corrected chi connectivity index (χ4v) is 1.47. The highest BCUT2D eigenvalue weighted by molar-refractivity contribution is 5.77. The number of hydrogen-bond acceptors (Lipinski definition) is 3. The molecule has 0 saturated carbocycles. The molecule has 5 N–H and O–H groups in total. The van der Waals surface area contributed by atoms with Crippen molar-refractivity contribution >= 4 is 11.7 Å². The van der Waals surface area contributed by atoms with Gasteiger partial charge >= 0.3 is 0 Å². The largest absolute Gasteiger partial charge is 0.386 e. The second kappa shape index (κ2) is 4.06. The van der Waals surface area contributed by atoms with Crippen LogP contribution in [0.4, 0.5) is 5.82 Å². The van der Waals surface area contributed by atoms with Crippen LogP contribution in [0.5, 0.6) is 0 Å². The second-order valence-corrected chi connectivity index (χ2v) is 3.50. The minimum absolute atomic E-state index is 0.0365. The number of nitrogens with two attached hydrogens (primary N) is 2. The molecule has 2 rings (SSSR count). The van der Waals surface area contributed by atoms with Crippen molar-refractivity contribution in [3.8, 4) is 11.3 Å². The lowest BCUT2D eigenvalue weighted by atomic mass is 10.2. The highest BCUT2D eigenvalue weighted by Crippen LogP contribution is 2.19.